The highest BCUT2D eigenvalue weighted by molar-refractivity contribution is 6.32. The summed E-state index contributed by atoms with van der Waals surface area (Å²) < 4.78 is 0. The Labute approximate surface area is 92.5 Å². The normalized spacial score (nSPS) is 12.9. The number of hydrogen-bond donors (Lipinski definition) is 3. The summed E-state index contributed by atoms with van der Waals surface area (Å²) in [4.78, 5) is 17.4. The van der Waals surface area contributed by atoms with Crippen LogP contribution >= 0.6 is 11.6 Å². The largest absolute Gasteiger partial charge is 0.394 e. The first kappa shape index (κ1) is 12.0. The first-order valence-corrected chi connectivity index (χ1v) is 5.04. The molecule has 6 heteroatoms. The number of aliphatic hydroxyl groups excluding tert-OH is 1. The maximum Gasteiger partial charge on any atom is 0.271 e. The first-order valence-electron chi connectivity index (χ1n) is 4.66. The van der Waals surface area contributed by atoms with Gasteiger partial charge in [0, 0.05) is 0 Å². The van der Waals surface area contributed by atoms with Gasteiger partial charge in [0.15, 0.2) is 5.82 Å². The summed E-state index contributed by atoms with van der Waals surface area (Å²) in [6, 6.07) is -0.170. The number of hydrogen-bond acceptors (Lipinski definition) is 4. The van der Waals surface area contributed by atoms with E-state index in [4.69, 9.17) is 16.7 Å². The van der Waals surface area contributed by atoms with E-state index in [1.165, 1.54) is 6.33 Å². The van der Waals surface area contributed by atoms with Gasteiger partial charge in [-0.15, -0.1) is 0 Å². The lowest BCUT2D eigenvalue weighted by Crippen LogP contribution is -2.30. The topological polar surface area (TPSA) is 78.0 Å². The molecule has 0 radical (unpaired) electrons. The van der Waals surface area contributed by atoms with Gasteiger partial charge in [0.1, 0.15) is 5.02 Å². The van der Waals surface area contributed by atoms with Gasteiger partial charge in [0.05, 0.1) is 19.0 Å². The van der Waals surface area contributed by atoms with Gasteiger partial charge in [-0.25, -0.2) is 4.98 Å². The molecule has 1 aromatic heterocycles. The van der Waals surface area contributed by atoms with E-state index >= 15 is 0 Å². The third kappa shape index (κ3) is 2.94. The minimum Gasteiger partial charge on any atom is -0.394 e. The second-order valence-corrected chi connectivity index (χ2v) is 3.95. The van der Waals surface area contributed by atoms with E-state index in [0.29, 0.717) is 5.82 Å². The molecule has 5 nitrogen and oxygen atoms in total. The number of aliphatic hydroxyl groups is 1. The van der Waals surface area contributed by atoms with Crippen LogP contribution in [0.5, 0.6) is 0 Å². The standard InChI is InChI=1S/C9H14ClN3O2/c1-5(2)6(3-14)13-8-7(10)9(15)12-4-11-8/h4-6,14H,3H2,1-2H3,(H2,11,12,13,15). The molecule has 1 aromatic rings. The molecule has 0 saturated heterocycles. The quantitative estimate of drug-likeness (QED) is 0.718. The molecule has 1 unspecified atom stereocenters. The molecule has 0 aliphatic heterocycles. The maximum atomic E-state index is 11.1. The van der Waals surface area contributed by atoms with E-state index in [0.717, 1.165) is 0 Å². The summed E-state index contributed by atoms with van der Waals surface area (Å²) in [6.45, 7) is 3.87. The van der Waals surface area contributed by atoms with E-state index in [9.17, 15) is 4.79 Å². The lowest BCUT2D eigenvalue weighted by atomic mass is 10.1. The molecule has 0 bridgehead atoms. The number of rotatable bonds is 4. The zero-order chi connectivity index (χ0) is 11.4. The fourth-order valence-corrected chi connectivity index (χ4v) is 1.24. The van der Waals surface area contributed by atoms with Crippen LogP contribution in [0.1, 0.15) is 13.8 Å². The van der Waals surface area contributed by atoms with Gasteiger partial charge in [-0.3, -0.25) is 4.79 Å². The van der Waals surface area contributed by atoms with Crippen LogP contribution < -0.4 is 10.9 Å². The van der Waals surface area contributed by atoms with Crippen LogP contribution in [0.2, 0.25) is 5.02 Å². The number of aromatic amines is 1. The van der Waals surface area contributed by atoms with Gasteiger partial charge in [-0.05, 0) is 5.92 Å². The Hall–Kier alpha value is -1.07. The number of aromatic nitrogens is 2. The predicted molar refractivity (Wildman–Crippen MR) is 59.2 cm³/mol. The van der Waals surface area contributed by atoms with Crippen LogP contribution in [-0.4, -0.2) is 27.7 Å². The van der Waals surface area contributed by atoms with Gasteiger partial charge in [-0.2, -0.15) is 0 Å². The highest BCUT2D eigenvalue weighted by atomic mass is 35.5. The van der Waals surface area contributed by atoms with Crippen molar-refractivity contribution in [3.05, 3.63) is 21.7 Å². The van der Waals surface area contributed by atoms with Crippen molar-refractivity contribution < 1.29 is 5.11 Å². The third-order valence-electron chi connectivity index (χ3n) is 2.12. The van der Waals surface area contributed by atoms with Crippen LogP contribution in [0.3, 0.4) is 0 Å². The number of anilines is 1. The third-order valence-corrected chi connectivity index (χ3v) is 2.47. The zero-order valence-electron chi connectivity index (χ0n) is 8.62. The summed E-state index contributed by atoms with van der Waals surface area (Å²) in [5.74, 6) is 0.514. The fraction of sp³-hybridized carbons (Fsp3) is 0.556. The van der Waals surface area contributed by atoms with E-state index in [-0.39, 0.29) is 23.6 Å². The molecule has 3 N–H and O–H groups in total. The average Bonchev–Trinajstić information content (AvgIpc) is 2.19. The summed E-state index contributed by atoms with van der Waals surface area (Å²) in [5.41, 5.74) is -0.394. The minimum absolute atomic E-state index is 0.0107. The fourth-order valence-electron chi connectivity index (χ4n) is 1.08. The Morgan fingerprint density at radius 2 is 2.33 bits per heavy atom. The van der Waals surface area contributed by atoms with Crippen LogP contribution in [0.4, 0.5) is 5.82 Å². The highest BCUT2D eigenvalue weighted by Crippen LogP contribution is 2.15. The molecule has 0 spiro atoms. The minimum atomic E-state index is -0.394. The monoisotopic (exact) mass is 231 g/mol. The Kier molecular flexibility index (Phi) is 4.11. The van der Waals surface area contributed by atoms with E-state index in [2.05, 4.69) is 15.3 Å². The second kappa shape index (κ2) is 5.14. The summed E-state index contributed by atoms with van der Waals surface area (Å²) in [6.07, 6.45) is 1.27. The van der Waals surface area contributed by atoms with Crippen molar-refractivity contribution in [3.8, 4) is 0 Å². The molecular formula is C9H14ClN3O2. The van der Waals surface area contributed by atoms with Crippen molar-refractivity contribution in [3.63, 3.8) is 0 Å². The second-order valence-electron chi connectivity index (χ2n) is 3.57. The van der Waals surface area contributed by atoms with Gasteiger partial charge < -0.3 is 15.4 Å². The molecule has 15 heavy (non-hydrogen) atoms. The Morgan fingerprint density at radius 3 is 2.87 bits per heavy atom. The highest BCUT2D eigenvalue weighted by Gasteiger charge is 2.15. The van der Waals surface area contributed by atoms with Crippen LogP contribution in [0, 0.1) is 5.92 Å². The van der Waals surface area contributed by atoms with Crippen molar-refractivity contribution >= 4 is 17.4 Å². The lowest BCUT2D eigenvalue weighted by molar-refractivity contribution is 0.249. The SMILES string of the molecule is CC(C)C(CO)Nc1nc[nH]c(=O)c1Cl. The molecule has 0 aliphatic rings. The number of H-pyrrole nitrogens is 1. The van der Waals surface area contributed by atoms with Gasteiger partial charge in [0.2, 0.25) is 0 Å². The molecule has 0 aliphatic carbocycles. The van der Waals surface area contributed by atoms with Gasteiger partial charge in [0.25, 0.3) is 5.56 Å². The Bertz CT molecular complexity index is 378. The lowest BCUT2D eigenvalue weighted by Gasteiger charge is -2.20. The molecule has 0 aromatic carbocycles. The molecule has 0 amide bonds. The van der Waals surface area contributed by atoms with Crippen molar-refractivity contribution in [1.29, 1.82) is 0 Å². The van der Waals surface area contributed by atoms with Crippen molar-refractivity contribution in [2.75, 3.05) is 11.9 Å². The van der Waals surface area contributed by atoms with Crippen molar-refractivity contribution in [2.24, 2.45) is 5.92 Å². The number of nitrogens with one attached hydrogen (secondary N) is 2. The van der Waals surface area contributed by atoms with E-state index in [1.54, 1.807) is 0 Å². The van der Waals surface area contributed by atoms with Gasteiger partial charge >= 0.3 is 0 Å². The van der Waals surface area contributed by atoms with E-state index < -0.39 is 5.56 Å². The number of nitrogens with zero attached hydrogens (tertiary/aromatic N) is 1. The average molecular weight is 232 g/mol. The van der Waals surface area contributed by atoms with Crippen LogP contribution in [0.25, 0.3) is 0 Å². The van der Waals surface area contributed by atoms with E-state index in [1.807, 2.05) is 13.8 Å². The summed E-state index contributed by atoms with van der Waals surface area (Å²) in [7, 11) is 0. The molecule has 1 heterocycles. The summed E-state index contributed by atoms with van der Waals surface area (Å²) in [5, 5.41) is 12.0. The Balaban J connectivity index is 2.88. The molecule has 1 atom stereocenters. The molecule has 0 fully saturated rings. The van der Waals surface area contributed by atoms with Crippen molar-refractivity contribution in [2.45, 2.75) is 19.9 Å². The molecule has 0 saturated carbocycles. The molecule has 1 rings (SSSR count). The molecule has 84 valence electrons. The molecular weight excluding hydrogens is 218 g/mol. The van der Waals surface area contributed by atoms with Crippen molar-refractivity contribution in [1.82, 2.24) is 9.97 Å². The summed E-state index contributed by atoms with van der Waals surface area (Å²) >= 11 is 5.75. The predicted octanol–water partition coefficient (Wildman–Crippen LogP) is 0.852. The Morgan fingerprint density at radius 1 is 1.67 bits per heavy atom. The smallest absolute Gasteiger partial charge is 0.271 e. The zero-order valence-corrected chi connectivity index (χ0v) is 9.38. The van der Waals surface area contributed by atoms with Crippen LogP contribution in [-0.2, 0) is 0 Å². The van der Waals surface area contributed by atoms with Gasteiger partial charge in [-0.1, -0.05) is 25.4 Å². The number of halogens is 1. The maximum absolute atomic E-state index is 11.1. The van der Waals surface area contributed by atoms with Crippen LogP contribution in [0.15, 0.2) is 11.1 Å². The first-order chi connectivity index (χ1) is 7.06.